The third kappa shape index (κ3) is 25.1. The van der Waals surface area contributed by atoms with E-state index in [1.807, 2.05) is 21.1 Å². The first-order valence-corrected chi connectivity index (χ1v) is 15.3. The summed E-state index contributed by atoms with van der Waals surface area (Å²) in [5.41, 5.74) is 0. The van der Waals surface area contributed by atoms with Gasteiger partial charge in [0.1, 0.15) is 19.3 Å². The molecule has 34 heavy (non-hydrogen) atoms. The van der Waals surface area contributed by atoms with Crippen molar-refractivity contribution in [2.75, 3.05) is 60.7 Å². The van der Waals surface area contributed by atoms with Gasteiger partial charge in [0.15, 0.2) is 0 Å². The summed E-state index contributed by atoms with van der Waals surface area (Å²) in [6, 6.07) is 0. The summed E-state index contributed by atoms with van der Waals surface area (Å²) < 4.78 is 34.8. The summed E-state index contributed by atoms with van der Waals surface area (Å²) in [7, 11) is 1.54. The maximum Gasteiger partial charge on any atom is 0.268 e. The van der Waals surface area contributed by atoms with Crippen LogP contribution in [0.3, 0.4) is 0 Å². The van der Waals surface area contributed by atoms with Gasteiger partial charge in [0.25, 0.3) is 7.82 Å². The zero-order valence-corrected chi connectivity index (χ0v) is 24.0. The lowest BCUT2D eigenvalue weighted by Crippen LogP contribution is -2.38. The Bertz CT molecular complexity index is 464. The Balaban J connectivity index is 4.26. The Hall–Kier alpha value is -0.0100. The van der Waals surface area contributed by atoms with Crippen LogP contribution in [0, 0.1) is 0 Å². The molecule has 206 valence electrons. The van der Waals surface area contributed by atoms with Crippen LogP contribution in [-0.2, 0) is 23.1 Å². The van der Waals surface area contributed by atoms with Gasteiger partial charge in [0.2, 0.25) is 0 Å². The number of ether oxygens (including phenoxy) is 2. The van der Waals surface area contributed by atoms with Crippen molar-refractivity contribution in [2.24, 2.45) is 0 Å². The molecule has 0 aliphatic rings. The van der Waals surface area contributed by atoms with E-state index in [0.717, 1.165) is 25.7 Å². The van der Waals surface area contributed by atoms with E-state index in [2.05, 4.69) is 13.8 Å². The van der Waals surface area contributed by atoms with E-state index in [4.69, 9.17) is 18.5 Å². The van der Waals surface area contributed by atoms with Gasteiger partial charge in [-0.25, -0.2) is 0 Å². The minimum atomic E-state index is -4.41. The first-order valence-electron chi connectivity index (χ1n) is 13.8. The van der Waals surface area contributed by atoms with Crippen LogP contribution in [0.5, 0.6) is 0 Å². The summed E-state index contributed by atoms with van der Waals surface area (Å²) in [5.74, 6) is 0. The second kappa shape index (κ2) is 22.2. The van der Waals surface area contributed by atoms with Gasteiger partial charge in [-0.15, -0.1) is 0 Å². The van der Waals surface area contributed by atoms with Crippen molar-refractivity contribution in [2.45, 2.75) is 110 Å². The van der Waals surface area contributed by atoms with Gasteiger partial charge in [0.05, 0.1) is 34.4 Å². The lowest BCUT2D eigenvalue weighted by Gasteiger charge is -2.30. The fourth-order valence-electron chi connectivity index (χ4n) is 3.50. The van der Waals surface area contributed by atoms with Crippen molar-refractivity contribution < 1.29 is 32.5 Å². The Labute approximate surface area is 211 Å². The molecule has 0 saturated heterocycles. The lowest BCUT2D eigenvalue weighted by molar-refractivity contribution is -0.870. The number of phosphoric acid groups is 1. The molecule has 0 aromatic carbocycles. The molecule has 0 radical (unpaired) electrons. The highest BCUT2D eigenvalue weighted by molar-refractivity contribution is 7.45. The van der Waals surface area contributed by atoms with Crippen LogP contribution in [0.2, 0.25) is 0 Å². The molecule has 1 atom stereocenters. The molecule has 1 unspecified atom stereocenters. The largest absolute Gasteiger partial charge is 0.756 e. The summed E-state index contributed by atoms with van der Waals surface area (Å²) in [4.78, 5) is 12.3. The number of phosphoric ester groups is 1. The highest BCUT2D eigenvalue weighted by Gasteiger charge is 2.20. The molecule has 0 aromatic rings. The van der Waals surface area contributed by atoms with Crippen molar-refractivity contribution in [3.63, 3.8) is 0 Å². The molecule has 0 saturated carbocycles. The normalized spacial score (nSPS) is 14.1. The first-order chi connectivity index (χ1) is 16.2. The third-order valence-corrected chi connectivity index (χ3v) is 6.74. The summed E-state index contributed by atoms with van der Waals surface area (Å²) in [5, 5.41) is 0. The Kier molecular flexibility index (Phi) is 22.2. The zero-order valence-electron chi connectivity index (χ0n) is 23.1. The van der Waals surface area contributed by atoms with Crippen LogP contribution in [0.4, 0.5) is 0 Å². The smallest absolute Gasteiger partial charge is 0.268 e. The number of nitrogens with zero attached hydrogens (tertiary/aromatic N) is 1. The SMILES string of the molecule is CCCCCCCCCOCC(COCCCCCCCCC)OP(=O)([O-])OCC[N+](C)(C)C. The van der Waals surface area contributed by atoms with Gasteiger partial charge >= 0.3 is 0 Å². The minimum absolute atomic E-state index is 0.0920. The van der Waals surface area contributed by atoms with Crippen LogP contribution in [0.25, 0.3) is 0 Å². The number of rotatable bonds is 26. The Morgan fingerprint density at radius 3 is 1.50 bits per heavy atom. The molecule has 0 rings (SSSR count). The maximum absolute atomic E-state index is 12.3. The van der Waals surface area contributed by atoms with Crippen LogP contribution in [-0.4, -0.2) is 71.3 Å². The van der Waals surface area contributed by atoms with Crippen LogP contribution in [0.15, 0.2) is 0 Å². The average molecular weight is 510 g/mol. The highest BCUT2D eigenvalue weighted by Crippen LogP contribution is 2.39. The number of hydrogen-bond acceptors (Lipinski definition) is 6. The zero-order chi connectivity index (χ0) is 25.5. The average Bonchev–Trinajstić information content (AvgIpc) is 2.75. The molecule has 0 aliphatic heterocycles. The number of unbranched alkanes of at least 4 members (excludes halogenated alkanes) is 12. The highest BCUT2D eigenvalue weighted by atomic mass is 31.2. The lowest BCUT2D eigenvalue weighted by atomic mass is 10.1. The fraction of sp³-hybridized carbons (Fsp3) is 1.00. The molecule has 0 bridgehead atoms. The molecule has 0 aliphatic carbocycles. The Morgan fingerprint density at radius 2 is 1.09 bits per heavy atom. The van der Waals surface area contributed by atoms with Gasteiger partial charge in [-0.3, -0.25) is 4.57 Å². The van der Waals surface area contributed by atoms with E-state index in [-0.39, 0.29) is 19.8 Å². The molecule has 0 aromatic heterocycles. The topological polar surface area (TPSA) is 77.1 Å². The maximum atomic E-state index is 12.3. The predicted molar refractivity (Wildman–Crippen MR) is 139 cm³/mol. The van der Waals surface area contributed by atoms with E-state index >= 15 is 0 Å². The van der Waals surface area contributed by atoms with Crippen LogP contribution < -0.4 is 4.89 Å². The van der Waals surface area contributed by atoms with E-state index in [1.54, 1.807) is 0 Å². The van der Waals surface area contributed by atoms with Gasteiger partial charge in [-0.1, -0.05) is 90.9 Å². The predicted octanol–water partition coefficient (Wildman–Crippen LogP) is 6.10. The second-order valence-electron chi connectivity index (χ2n) is 10.4. The first kappa shape index (κ1) is 34.0. The van der Waals surface area contributed by atoms with Crippen molar-refractivity contribution in [1.82, 2.24) is 0 Å². The standard InChI is InChI=1S/C26H56NO6P/c1-6-8-10-12-14-16-18-21-30-24-26(25-31-22-19-17-15-13-11-9-7-2)33-34(28,29)32-23-20-27(3,4)5/h26H,6-25H2,1-5H3. The summed E-state index contributed by atoms with van der Waals surface area (Å²) in [6.45, 7) is 6.71. The van der Waals surface area contributed by atoms with E-state index in [1.165, 1.54) is 64.2 Å². The second-order valence-corrected chi connectivity index (χ2v) is 11.8. The molecule has 7 nitrogen and oxygen atoms in total. The van der Waals surface area contributed by atoms with Crippen molar-refractivity contribution in [1.29, 1.82) is 0 Å². The van der Waals surface area contributed by atoms with Crippen molar-refractivity contribution in [3.8, 4) is 0 Å². The molecule has 0 fully saturated rings. The van der Waals surface area contributed by atoms with Gasteiger partial charge in [0, 0.05) is 13.2 Å². The van der Waals surface area contributed by atoms with Crippen LogP contribution in [0.1, 0.15) is 104 Å². The molecule has 0 amide bonds. The van der Waals surface area contributed by atoms with Gasteiger partial charge in [-0.2, -0.15) is 0 Å². The number of hydrogen-bond donors (Lipinski definition) is 0. The van der Waals surface area contributed by atoms with E-state index in [9.17, 15) is 9.46 Å². The van der Waals surface area contributed by atoms with E-state index < -0.39 is 13.9 Å². The summed E-state index contributed by atoms with van der Waals surface area (Å²) in [6.07, 6.45) is 16.3. The molecule has 8 heteroatoms. The molecule has 0 heterocycles. The third-order valence-electron chi connectivity index (χ3n) is 5.68. The van der Waals surface area contributed by atoms with Gasteiger partial charge in [-0.05, 0) is 12.8 Å². The molecule has 0 N–H and O–H groups in total. The van der Waals surface area contributed by atoms with Crippen LogP contribution >= 0.6 is 7.82 Å². The monoisotopic (exact) mass is 509 g/mol. The molecule has 0 spiro atoms. The Morgan fingerprint density at radius 1 is 0.676 bits per heavy atom. The van der Waals surface area contributed by atoms with Crippen molar-refractivity contribution in [3.05, 3.63) is 0 Å². The quantitative estimate of drug-likeness (QED) is 0.0797. The van der Waals surface area contributed by atoms with Crippen molar-refractivity contribution >= 4 is 7.82 Å². The fourth-order valence-corrected chi connectivity index (χ4v) is 4.35. The number of likely N-dealkylation sites (N-methyl/N-ethyl adjacent to an activating group) is 1. The number of quaternary nitrogens is 1. The summed E-state index contributed by atoms with van der Waals surface area (Å²) >= 11 is 0. The van der Waals surface area contributed by atoms with Gasteiger partial charge < -0.3 is 27.9 Å². The van der Waals surface area contributed by atoms with E-state index in [0.29, 0.717) is 24.2 Å². The minimum Gasteiger partial charge on any atom is -0.756 e. The molecular formula is C26H56NO6P. The molecular weight excluding hydrogens is 453 g/mol.